The van der Waals surface area contributed by atoms with Gasteiger partial charge in [-0.2, -0.15) is 0 Å². The van der Waals surface area contributed by atoms with E-state index in [2.05, 4.69) is 59.0 Å². The van der Waals surface area contributed by atoms with Crippen LogP contribution in [0.5, 0.6) is 5.75 Å². The zero-order valence-electron chi connectivity index (χ0n) is 25.4. The van der Waals surface area contributed by atoms with Crippen molar-refractivity contribution >= 4 is 11.9 Å². The smallest absolute Gasteiger partial charge is 0.326 e. The van der Waals surface area contributed by atoms with Crippen LogP contribution < -0.4 is 10.1 Å². The number of benzene rings is 2. The molecule has 1 saturated heterocycles. The minimum absolute atomic E-state index is 0.00758. The Kier molecular flexibility index (Phi) is 8.99. The molecule has 218 valence electrons. The Morgan fingerprint density at radius 2 is 1.62 bits per heavy atom. The first kappa shape index (κ1) is 30.1. The molecule has 6 nitrogen and oxygen atoms in total. The fourth-order valence-electron chi connectivity index (χ4n) is 6.90. The second-order valence-electron chi connectivity index (χ2n) is 13.8. The highest BCUT2D eigenvalue weighted by Gasteiger charge is 2.58. The van der Waals surface area contributed by atoms with Crippen LogP contribution >= 0.6 is 0 Å². The highest BCUT2D eigenvalue weighted by molar-refractivity contribution is 5.87. The lowest BCUT2D eigenvalue weighted by Crippen LogP contribution is -2.49. The molecule has 0 aromatic heterocycles. The van der Waals surface area contributed by atoms with E-state index in [0.29, 0.717) is 6.54 Å². The number of hydrogen-bond donors (Lipinski definition) is 2. The van der Waals surface area contributed by atoms with Gasteiger partial charge in [-0.25, -0.2) is 4.79 Å². The molecule has 2 aromatic carbocycles. The largest absolute Gasteiger partial charge is 0.496 e. The van der Waals surface area contributed by atoms with Gasteiger partial charge in [-0.3, -0.25) is 4.79 Å². The molecule has 1 aliphatic carbocycles. The summed E-state index contributed by atoms with van der Waals surface area (Å²) in [5.41, 5.74) is 2.82. The van der Waals surface area contributed by atoms with Crippen molar-refractivity contribution in [3.05, 3.63) is 65.2 Å². The van der Waals surface area contributed by atoms with Gasteiger partial charge in [-0.15, -0.1) is 0 Å². The summed E-state index contributed by atoms with van der Waals surface area (Å²) in [6.45, 7) is 13.4. The number of aliphatic carboxylic acids is 1. The van der Waals surface area contributed by atoms with Gasteiger partial charge < -0.3 is 20.1 Å². The summed E-state index contributed by atoms with van der Waals surface area (Å²) >= 11 is 0. The number of methoxy groups -OCH3 is 1. The van der Waals surface area contributed by atoms with E-state index < -0.39 is 18.1 Å². The van der Waals surface area contributed by atoms with Crippen LogP contribution in [0.25, 0.3) is 0 Å². The maximum absolute atomic E-state index is 14.3. The van der Waals surface area contributed by atoms with Gasteiger partial charge in [0, 0.05) is 30.0 Å². The SMILES string of the molecule is COc1ccc(C(C)(C)C)cc1CN[C@@H]1[C@@H](C(C)(C)C)[C@H](C(=O)O)N(C(=O)C2CCCCC2)[C@H]1c1ccccc1. The first-order valence-electron chi connectivity index (χ1n) is 14.8. The van der Waals surface area contributed by atoms with E-state index >= 15 is 0 Å². The first-order chi connectivity index (χ1) is 18.8. The van der Waals surface area contributed by atoms with E-state index in [0.717, 1.165) is 49.0 Å². The van der Waals surface area contributed by atoms with Crippen molar-refractivity contribution < 1.29 is 19.4 Å². The molecule has 0 bridgehead atoms. The summed E-state index contributed by atoms with van der Waals surface area (Å²) < 4.78 is 5.73. The molecule has 0 radical (unpaired) electrons. The molecule has 1 amide bonds. The van der Waals surface area contributed by atoms with Gasteiger partial charge in [0.25, 0.3) is 0 Å². The van der Waals surface area contributed by atoms with E-state index in [1.807, 2.05) is 36.4 Å². The number of nitrogens with zero attached hydrogens (tertiary/aromatic N) is 1. The second kappa shape index (κ2) is 11.9. The van der Waals surface area contributed by atoms with Gasteiger partial charge in [0.15, 0.2) is 0 Å². The highest BCUT2D eigenvalue weighted by atomic mass is 16.5. The number of carboxylic acid groups (broad SMARTS) is 1. The number of hydrogen-bond acceptors (Lipinski definition) is 4. The van der Waals surface area contributed by atoms with Gasteiger partial charge in [-0.05, 0) is 40.9 Å². The summed E-state index contributed by atoms with van der Waals surface area (Å²) in [6, 6.07) is 14.7. The monoisotopic (exact) mass is 548 g/mol. The summed E-state index contributed by atoms with van der Waals surface area (Å²) in [5, 5.41) is 14.5. The third-order valence-corrected chi connectivity index (χ3v) is 8.94. The number of carbonyl (C=O) groups excluding carboxylic acids is 1. The number of carbonyl (C=O) groups is 2. The van der Waals surface area contributed by atoms with Crippen LogP contribution in [0, 0.1) is 17.3 Å². The molecule has 2 aromatic rings. The number of nitrogens with one attached hydrogen (secondary N) is 1. The Hall–Kier alpha value is -2.86. The average Bonchev–Trinajstić information content (AvgIpc) is 3.28. The Morgan fingerprint density at radius 3 is 2.17 bits per heavy atom. The number of carboxylic acids is 1. The molecule has 4 atom stereocenters. The lowest BCUT2D eigenvalue weighted by Gasteiger charge is -2.36. The number of amides is 1. The summed E-state index contributed by atoms with van der Waals surface area (Å²) in [7, 11) is 1.68. The molecule has 4 rings (SSSR count). The first-order valence-corrected chi connectivity index (χ1v) is 14.8. The van der Waals surface area contributed by atoms with Crippen molar-refractivity contribution in [1.82, 2.24) is 10.2 Å². The minimum atomic E-state index is -0.929. The number of rotatable bonds is 7. The van der Waals surface area contributed by atoms with Crippen molar-refractivity contribution in [3.8, 4) is 5.75 Å². The Morgan fingerprint density at radius 1 is 0.975 bits per heavy atom. The summed E-state index contributed by atoms with van der Waals surface area (Å²) in [4.78, 5) is 29.1. The lowest BCUT2D eigenvalue weighted by molar-refractivity contribution is -0.154. The van der Waals surface area contributed by atoms with E-state index in [9.17, 15) is 14.7 Å². The van der Waals surface area contributed by atoms with Gasteiger partial charge >= 0.3 is 5.97 Å². The fourth-order valence-corrected chi connectivity index (χ4v) is 6.90. The number of ether oxygens (including phenoxy) is 1. The van der Waals surface area contributed by atoms with Gasteiger partial charge in [0.1, 0.15) is 11.8 Å². The normalized spacial score (nSPS) is 24.2. The van der Waals surface area contributed by atoms with Crippen LogP contribution in [0.4, 0.5) is 0 Å². The Balaban J connectivity index is 1.81. The molecule has 1 aliphatic heterocycles. The molecule has 40 heavy (non-hydrogen) atoms. The van der Waals surface area contributed by atoms with Crippen molar-refractivity contribution in [2.75, 3.05) is 7.11 Å². The molecule has 0 spiro atoms. The second-order valence-corrected chi connectivity index (χ2v) is 13.8. The predicted molar refractivity (Wildman–Crippen MR) is 159 cm³/mol. The van der Waals surface area contributed by atoms with Crippen LogP contribution in [0.3, 0.4) is 0 Å². The Bertz CT molecular complexity index is 1170. The van der Waals surface area contributed by atoms with Crippen LogP contribution in [0.15, 0.2) is 48.5 Å². The van der Waals surface area contributed by atoms with E-state index in [1.54, 1.807) is 12.0 Å². The van der Waals surface area contributed by atoms with Crippen LogP contribution in [0.1, 0.15) is 96.4 Å². The summed E-state index contributed by atoms with van der Waals surface area (Å²) in [6.07, 6.45) is 4.84. The van der Waals surface area contributed by atoms with Crippen molar-refractivity contribution in [2.45, 2.75) is 104 Å². The van der Waals surface area contributed by atoms with E-state index in [4.69, 9.17) is 4.74 Å². The molecule has 2 aliphatic rings. The zero-order valence-corrected chi connectivity index (χ0v) is 25.4. The Labute approximate surface area is 240 Å². The third-order valence-electron chi connectivity index (χ3n) is 8.94. The molecular formula is C34H48N2O4. The van der Waals surface area contributed by atoms with Crippen LogP contribution in [-0.4, -0.2) is 41.1 Å². The molecular weight excluding hydrogens is 500 g/mol. The lowest BCUT2D eigenvalue weighted by atomic mass is 9.72. The van der Waals surface area contributed by atoms with Crippen molar-refractivity contribution in [1.29, 1.82) is 0 Å². The van der Waals surface area contributed by atoms with Gasteiger partial charge in [0.2, 0.25) is 5.91 Å². The molecule has 0 unspecified atom stereocenters. The molecule has 2 N–H and O–H groups in total. The average molecular weight is 549 g/mol. The quantitative estimate of drug-likeness (QED) is 0.401. The predicted octanol–water partition coefficient (Wildman–Crippen LogP) is 6.73. The topological polar surface area (TPSA) is 78.9 Å². The minimum Gasteiger partial charge on any atom is -0.496 e. The standard InChI is InChI=1S/C34H48N2O4/c1-33(2,3)25-18-19-26(40-7)24(20-25)21-35-28-27(34(4,5)6)30(32(38)39)36(29(28)22-14-10-8-11-15-22)31(37)23-16-12-9-13-17-23/h8,10-11,14-15,18-20,23,27-30,35H,9,12-13,16-17,21H2,1-7H3,(H,38,39)/t27-,28-,29+,30-/m1/s1. The van der Waals surface area contributed by atoms with Gasteiger partial charge in [0.05, 0.1) is 13.2 Å². The van der Waals surface area contributed by atoms with Gasteiger partial charge in [-0.1, -0.05) is 103 Å². The maximum Gasteiger partial charge on any atom is 0.326 e. The summed E-state index contributed by atoms with van der Waals surface area (Å²) in [5.74, 6) is -0.565. The van der Waals surface area contributed by atoms with Crippen LogP contribution in [-0.2, 0) is 21.5 Å². The van der Waals surface area contributed by atoms with Crippen molar-refractivity contribution in [2.24, 2.45) is 17.3 Å². The molecule has 2 fully saturated rings. The highest BCUT2D eigenvalue weighted by Crippen LogP contribution is 2.49. The number of likely N-dealkylation sites (tertiary alicyclic amines) is 1. The van der Waals surface area contributed by atoms with E-state index in [1.165, 1.54) is 5.56 Å². The maximum atomic E-state index is 14.3. The molecule has 1 saturated carbocycles. The van der Waals surface area contributed by atoms with Crippen LogP contribution in [0.2, 0.25) is 0 Å². The zero-order chi connectivity index (χ0) is 29.2. The molecule has 6 heteroatoms. The van der Waals surface area contributed by atoms with E-state index in [-0.39, 0.29) is 34.6 Å². The van der Waals surface area contributed by atoms with Crippen molar-refractivity contribution in [3.63, 3.8) is 0 Å². The molecule has 1 heterocycles. The third kappa shape index (κ3) is 6.22. The fraction of sp³-hybridized carbons (Fsp3) is 0.588.